The molecule has 0 aliphatic carbocycles. The van der Waals surface area contributed by atoms with E-state index in [-0.39, 0.29) is 23.9 Å². The first-order chi connectivity index (χ1) is 13.6. The number of urea groups is 1. The smallest absolute Gasteiger partial charge is 0.319 e. The quantitative estimate of drug-likeness (QED) is 0.723. The molecule has 1 aromatic heterocycles. The van der Waals surface area contributed by atoms with Crippen molar-refractivity contribution < 1.29 is 13.7 Å². The van der Waals surface area contributed by atoms with E-state index in [9.17, 15) is 9.18 Å². The molecule has 0 radical (unpaired) electrons. The number of rotatable bonds is 4. The molecule has 0 saturated carbocycles. The first-order valence-corrected chi connectivity index (χ1v) is 9.01. The van der Waals surface area contributed by atoms with Crippen molar-refractivity contribution in [2.75, 3.05) is 18.9 Å². The van der Waals surface area contributed by atoms with Crippen LogP contribution in [0.5, 0.6) is 0 Å². The number of para-hydroxylation sites is 1. The standard InChI is InChI=1S/C20H20FN5O2/c1-26-12-16(23-20(27)22-15-5-3-2-4-6-15)11-17(26)19-24-18(25-28-19)13-7-9-14(21)10-8-13/h2-10,16-17H,11-12H2,1H3,(H2,22,23,27). The Morgan fingerprint density at radius 3 is 2.68 bits per heavy atom. The van der Waals surface area contributed by atoms with E-state index in [0.717, 1.165) is 5.69 Å². The highest BCUT2D eigenvalue weighted by molar-refractivity contribution is 5.89. The van der Waals surface area contributed by atoms with Crippen LogP contribution in [0.1, 0.15) is 18.4 Å². The zero-order valence-corrected chi connectivity index (χ0v) is 15.3. The van der Waals surface area contributed by atoms with Gasteiger partial charge in [-0.25, -0.2) is 9.18 Å². The fourth-order valence-corrected chi connectivity index (χ4v) is 3.35. The minimum absolute atomic E-state index is 0.0418. The molecule has 2 unspecified atom stereocenters. The largest absolute Gasteiger partial charge is 0.337 e. The van der Waals surface area contributed by atoms with E-state index in [0.29, 0.717) is 30.2 Å². The second kappa shape index (κ2) is 7.77. The van der Waals surface area contributed by atoms with Gasteiger partial charge in [-0.15, -0.1) is 0 Å². The third-order valence-electron chi connectivity index (χ3n) is 4.74. The van der Waals surface area contributed by atoms with Gasteiger partial charge in [-0.3, -0.25) is 4.90 Å². The van der Waals surface area contributed by atoms with Crippen molar-refractivity contribution in [1.82, 2.24) is 20.4 Å². The van der Waals surface area contributed by atoms with Gasteiger partial charge >= 0.3 is 6.03 Å². The number of likely N-dealkylation sites (tertiary alicyclic amines) is 1. The van der Waals surface area contributed by atoms with Gasteiger partial charge in [-0.05, 0) is 49.9 Å². The van der Waals surface area contributed by atoms with Crippen LogP contribution in [0.25, 0.3) is 11.4 Å². The zero-order valence-electron chi connectivity index (χ0n) is 15.3. The maximum atomic E-state index is 13.1. The molecule has 7 nitrogen and oxygen atoms in total. The number of anilines is 1. The molecule has 2 atom stereocenters. The number of likely N-dealkylation sites (N-methyl/N-ethyl adjacent to an activating group) is 1. The van der Waals surface area contributed by atoms with Crippen LogP contribution in [-0.2, 0) is 0 Å². The van der Waals surface area contributed by atoms with Gasteiger partial charge in [-0.1, -0.05) is 23.4 Å². The molecule has 2 amide bonds. The van der Waals surface area contributed by atoms with Crippen LogP contribution < -0.4 is 10.6 Å². The fraction of sp³-hybridized carbons (Fsp3) is 0.250. The Balaban J connectivity index is 1.39. The van der Waals surface area contributed by atoms with Crippen LogP contribution in [0.3, 0.4) is 0 Å². The van der Waals surface area contributed by atoms with Crippen molar-refractivity contribution >= 4 is 11.7 Å². The molecule has 2 heterocycles. The lowest BCUT2D eigenvalue weighted by Crippen LogP contribution is -2.39. The summed E-state index contributed by atoms with van der Waals surface area (Å²) in [6, 6.07) is 14.8. The van der Waals surface area contributed by atoms with Crippen LogP contribution in [0, 0.1) is 5.82 Å². The van der Waals surface area contributed by atoms with E-state index in [1.165, 1.54) is 12.1 Å². The normalized spacial score (nSPS) is 19.5. The zero-order chi connectivity index (χ0) is 19.5. The van der Waals surface area contributed by atoms with E-state index >= 15 is 0 Å². The Labute approximate surface area is 161 Å². The van der Waals surface area contributed by atoms with Crippen molar-refractivity contribution in [2.45, 2.75) is 18.5 Å². The summed E-state index contributed by atoms with van der Waals surface area (Å²) in [5, 5.41) is 9.80. The Kier molecular flexibility index (Phi) is 5.03. The number of nitrogens with zero attached hydrogens (tertiary/aromatic N) is 3. The van der Waals surface area contributed by atoms with E-state index < -0.39 is 0 Å². The summed E-state index contributed by atoms with van der Waals surface area (Å²) in [6.07, 6.45) is 0.657. The molecule has 144 valence electrons. The number of nitrogens with one attached hydrogen (secondary N) is 2. The van der Waals surface area contributed by atoms with Gasteiger partial charge in [0.1, 0.15) is 5.82 Å². The number of carbonyl (C=O) groups excluding carboxylic acids is 1. The van der Waals surface area contributed by atoms with Gasteiger partial charge in [0, 0.05) is 23.8 Å². The predicted molar refractivity (Wildman–Crippen MR) is 102 cm³/mol. The van der Waals surface area contributed by atoms with E-state index in [2.05, 4.69) is 25.7 Å². The molecule has 0 spiro atoms. The predicted octanol–water partition coefficient (Wildman–Crippen LogP) is 3.44. The number of aromatic nitrogens is 2. The fourth-order valence-electron chi connectivity index (χ4n) is 3.35. The van der Waals surface area contributed by atoms with E-state index in [1.807, 2.05) is 37.4 Å². The van der Waals surface area contributed by atoms with Gasteiger partial charge in [0.05, 0.1) is 6.04 Å². The van der Waals surface area contributed by atoms with Crippen molar-refractivity contribution in [1.29, 1.82) is 0 Å². The monoisotopic (exact) mass is 381 g/mol. The minimum Gasteiger partial charge on any atom is -0.337 e. The molecule has 2 N–H and O–H groups in total. The summed E-state index contributed by atoms with van der Waals surface area (Å²) >= 11 is 0. The average molecular weight is 381 g/mol. The van der Waals surface area contributed by atoms with E-state index in [4.69, 9.17) is 4.52 Å². The molecular weight excluding hydrogens is 361 g/mol. The number of benzene rings is 2. The second-order valence-corrected chi connectivity index (χ2v) is 6.82. The maximum absolute atomic E-state index is 13.1. The second-order valence-electron chi connectivity index (χ2n) is 6.82. The van der Waals surface area contributed by atoms with Gasteiger partial charge in [0.15, 0.2) is 0 Å². The highest BCUT2D eigenvalue weighted by atomic mass is 19.1. The first-order valence-electron chi connectivity index (χ1n) is 9.01. The van der Waals surface area contributed by atoms with Crippen LogP contribution in [0.4, 0.5) is 14.9 Å². The van der Waals surface area contributed by atoms with Gasteiger partial charge in [-0.2, -0.15) is 4.98 Å². The Bertz CT molecular complexity index is 945. The third kappa shape index (κ3) is 4.01. The number of hydrogen-bond donors (Lipinski definition) is 2. The highest BCUT2D eigenvalue weighted by Gasteiger charge is 2.35. The maximum Gasteiger partial charge on any atom is 0.319 e. The number of hydrogen-bond acceptors (Lipinski definition) is 5. The topological polar surface area (TPSA) is 83.3 Å². The van der Waals surface area contributed by atoms with Gasteiger partial charge in [0.25, 0.3) is 0 Å². The van der Waals surface area contributed by atoms with E-state index in [1.54, 1.807) is 12.1 Å². The van der Waals surface area contributed by atoms with Gasteiger partial charge < -0.3 is 15.2 Å². The van der Waals surface area contributed by atoms with Crippen molar-refractivity contribution in [3.05, 3.63) is 66.3 Å². The van der Waals surface area contributed by atoms with Crippen molar-refractivity contribution in [3.63, 3.8) is 0 Å². The molecule has 4 rings (SSSR count). The van der Waals surface area contributed by atoms with Crippen LogP contribution in [0.15, 0.2) is 59.1 Å². The molecule has 1 aliphatic heterocycles. The average Bonchev–Trinajstić information content (AvgIpc) is 3.30. The summed E-state index contributed by atoms with van der Waals surface area (Å²) in [7, 11) is 1.95. The van der Waals surface area contributed by atoms with Gasteiger partial charge in [0.2, 0.25) is 11.7 Å². The van der Waals surface area contributed by atoms with Crippen molar-refractivity contribution in [3.8, 4) is 11.4 Å². The number of halogens is 1. The summed E-state index contributed by atoms with van der Waals surface area (Å²) in [5.41, 5.74) is 1.43. The Morgan fingerprint density at radius 1 is 1.18 bits per heavy atom. The molecule has 1 saturated heterocycles. The summed E-state index contributed by atoms with van der Waals surface area (Å²) < 4.78 is 18.5. The highest BCUT2D eigenvalue weighted by Crippen LogP contribution is 2.31. The lowest BCUT2D eigenvalue weighted by atomic mass is 10.1. The number of carbonyl (C=O) groups is 1. The molecule has 2 aromatic carbocycles. The molecule has 1 aliphatic rings. The summed E-state index contributed by atoms with van der Waals surface area (Å²) in [4.78, 5) is 18.7. The Morgan fingerprint density at radius 2 is 1.93 bits per heavy atom. The lowest BCUT2D eigenvalue weighted by Gasteiger charge is -2.14. The lowest BCUT2D eigenvalue weighted by molar-refractivity contribution is 0.243. The molecule has 3 aromatic rings. The number of amides is 2. The van der Waals surface area contributed by atoms with Crippen molar-refractivity contribution in [2.24, 2.45) is 0 Å². The molecule has 0 bridgehead atoms. The summed E-state index contributed by atoms with van der Waals surface area (Å²) in [6.45, 7) is 0.668. The minimum atomic E-state index is -0.314. The molecule has 28 heavy (non-hydrogen) atoms. The van der Waals surface area contributed by atoms with Crippen LogP contribution in [-0.4, -0.2) is 40.7 Å². The third-order valence-corrected chi connectivity index (χ3v) is 4.74. The first kappa shape index (κ1) is 18.1. The van der Waals surface area contributed by atoms with Crippen LogP contribution in [0.2, 0.25) is 0 Å². The Hall–Kier alpha value is -3.26. The molecule has 8 heteroatoms. The molecule has 1 fully saturated rings. The summed E-state index contributed by atoms with van der Waals surface area (Å²) in [5.74, 6) is 0.585. The SMILES string of the molecule is CN1CC(NC(=O)Nc2ccccc2)CC1c1nc(-c2ccc(F)cc2)no1. The van der Waals surface area contributed by atoms with Crippen LogP contribution >= 0.6 is 0 Å². The molecular formula is C20H20FN5O2.